The third kappa shape index (κ3) is 2.91. The number of benzene rings is 1. The van der Waals surface area contributed by atoms with Gasteiger partial charge in [-0.2, -0.15) is 0 Å². The van der Waals surface area contributed by atoms with Crippen LogP contribution in [0.3, 0.4) is 0 Å². The summed E-state index contributed by atoms with van der Waals surface area (Å²) in [5.41, 5.74) is 1.07. The average Bonchev–Trinajstić information content (AvgIpc) is 3.09. The van der Waals surface area contributed by atoms with Crippen molar-refractivity contribution < 1.29 is 9.53 Å². The van der Waals surface area contributed by atoms with E-state index in [1.54, 1.807) is 7.11 Å². The molecule has 2 aliphatic rings. The van der Waals surface area contributed by atoms with Gasteiger partial charge in [0.2, 0.25) is 5.91 Å². The zero-order valence-corrected chi connectivity index (χ0v) is 12.8. The fourth-order valence-corrected chi connectivity index (χ4v) is 3.77. The molecule has 1 saturated carbocycles. The Hall–Kier alpha value is -1.55. The largest absolute Gasteiger partial charge is 0.497 e. The van der Waals surface area contributed by atoms with Gasteiger partial charge >= 0.3 is 0 Å². The zero-order valence-electron chi connectivity index (χ0n) is 12.8. The molecule has 2 fully saturated rings. The third-order valence-electron chi connectivity index (χ3n) is 4.98. The van der Waals surface area contributed by atoms with Crippen molar-refractivity contribution in [1.29, 1.82) is 0 Å². The number of rotatable bonds is 4. The molecule has 4 atom stereocenters. The topological polar surface area (TPSA) is 50.4 Å². The first-order valence-corrected chi connectivity index (χ1v) is 7.86. The lowest BCUT2D eigenvalue weighted by Gasteiger charge is -2.21. The molecule has 1 aliphatic heterocycles. The van der Waals surface area contributed by atoms with Crippen LogP contribution < -0.4 is 15.4 Å². The maximum absolute atomic E-state index is 12.5. The first kappa shape index (κ1) is 14.4. The van der Waals surface area contributed by atoms with E-state index in [-0.39, 0.29) is 18.0 Å². The van der Waals surface area contributed by atoms with Gasteiger partial charge in [-0.15, -0.1) is 0 Å². The fourth-order valence-electron chi connectivity index (χ4n) is 3.77. The van der Waals surface area contributed by atoms with Gasteiger partial charge in [0.15, 0.2) is 0 Å². The Morgan fingerprint density at radius 2 is 2.29 bits per heavy atom. The number of hydrogen-bond donors (Lipinski definition) is 2. The molecule has 1 aliphatic carbocycles. The van der Waals surface area contributed by atoms with E-state index >= 15 is 0 Å². The van der Waals surface area contributed by atoms with Crippen molar-refractivity contribution >= 4 is 5.91 Å². The van der Waals surface area contributed by atoms with Gasteiger partial charge in [-0.25, -0.2) is 0 Å². The number of carbonyl (C=O) groups excluding carboxylic acids is 1. The van der Waals surface area contributed by atoms with E-state index in [9.17, 15) is 4.79 Å². The highest BCUT2D eigenvalue weighted by Crippen LogP contribution is 2.37. The summed E-state index contributed by atoms with van der Waals surface area (Å²) in [6, 6.07) is 7.86. The molecule has 21 heavy (non-hydrogen) atoms. The van der Waals surface area contributed by atoms with Gasteiger partial charge in [0, 0.05) is 0 Å². The van der Waals surface area contributed by atoms with Gasteiger partial charge in [-0.1, -0.05) is 18.6 Å². The molecule has 2 N–H and O–H groups in total. The number of amides is 1. The van der Waals surface area contributed by atoms with Crippen LogP contribution in [0, 0.1) is 11.8 Å². The molecule has 1 aromatic rings. The Kier molecular flexibility index (Phi) is 4.15. The molecular weight excluding hydrogens is 264 g/mol. The van der Waals surface area contributed by atoms with E-state index in [0.717, 1.165) is 17.9 Å². The van der Waals surface area contributed by atoms with Gasteiger partial charge < -0.3 is 15.4 Å². The van der Waals surface area contributed by atoms with Crippen molar-refractivity contribution in [3.63, 3.8) is 0 Å². The van der Waals surface area contributed by atoms with E-state index in [2.05, 4.69) is 10.6 Å². The zero-order chi connectivity index (χ0) is 14.8. The Morgan fingerprint density at radius 1 is 1.43 bits per heavy atom. The normalized spacial score (nSPS) is 29.0. The minimum atomic E-state index is -0.00874. The number of fused-ring (bicyclic) bond motifs is 1. The molecule has 114 valence electrons. The molecule has 0 aromatic heterocycles. The number of hydrogen-bond acceptors (Lipinski definition) is 3. The lowest BCUT2D eigenvalue weighted by atomic mass is 9.93. The van der Waals surface area contributed by atoms with Crippen LogP contribution in [-0.4, -0.2) is 25.6 Å². The van der Waals surface area contributed by atoms with Gasteiger partial charge in [0.05, 0.1) is 19.2 Å². The third-order valence-corrected chi connectivity index (χ3v) is 4.98. The van der Waals surface area contributed by atoms with Crippen molar-refractivity contribution in [3.05, 3.63) is 29.8 Å². The molecule has 1 aromatic carbocycles. The summed E-state index contributed by atoms with van der Waals surface area (Å²) in [5.74, 6) is 2.19. The second-order valence-corrected chi connectivity index (χ2v) is 6.25. The molecule has 0 radical (unpaired) electrons. The van der Waals surface area contributed by atoms with Gasteiger partial charge in [-0.05, 0) is 55.8 Å². The smallest absolute Gasteiger partial charge is 0.237 e. The van der Waals surface area contributed by atoms with Gasteiger partial charge in [0.1, 0.15) is 5.75 Å². The van der Waals surface area contributed by atoms with Crippen LogP contribution >= 0.6 is 0 Å². The standard InChI is InChI=1S/C17H24N2O2/c1-11(12-5-3-7-14(9-12)21-2)19-17(20)16-15-8-4-6-13(15)10-18-16/h3,5,7,9,11,13,15-16,18H,4,6,8,10H2,1-2H3,(H,19,20)/t11-,13?,15?,16?/m1/s1. The molecule has 1 saturated heterocycles. The number of nitrogens with one attached hydrogen (secondary N) is 2. The Morgan fingerprint density at radius 3 is 3.10 bits per heavy atom. The first-order chi connectivity index (χ1) is 10.2. The minimum Gasteiger partial charge on any atom is -0.497 e. The fraction of sp³-hybridized carbons (Fsp3) is 0.588. The summed E-state index contributed by atoms with van der Waals surface area (Å²) >= 11 is 0. The van der Waals surface area contributed by atoms with Crippen molar-refractivity contribution in [2.45, 2.75) is 38.3 Å². The average molecular weight is 288 g/mol. The highest BCUT2D eigenvalue weighted by Gasteiger charge is 2.42. The SMILES string of the molecule is COc1cccc([C@@H](C)NC(=O)C2NCC3CCCC32)c1. The van der Waals surface area contributed by atoms with Crippen LogP contribution in [0.1, 0.15) is 37.8 Å². The predicted octanol–water partition coefficient (Wildman–Crippen LogP) is 2.26. The van der Waals surface area contributed by atoms with E-state index < -0.39 is 0 Å². The molecule has 3 rings (SSSR count). The van der Waals surface area contributed by atoms with Crippen LogP contribution in [0.2, 0.25) is 0 Å². The second-order valence-electron chi connectivity index (χ2n) is 6.25. The molecule has 0 spiro atoms. The Balaban J connectivity index is 1.64. The minimum absolute atomic E-state index is 0.00477. The number of ether oxygens (including phenoxy) is 1. The lowest BCUT2D eigenvalue weighted by molar-refractivity contribution is -0.124. The van der Waals surface area contributed by atoms with E-state index in [4.69, 9.17) is 4.74 Å². The molecule has 4 nitrogen and oxygen atoms in total. The maximum Gasteiger partial charge on any atom is 0.237 e. The summed E-state index contributed by atoms with van der Waals surface area (Å²) in [6.07, 6.45) is 3.72. The Labute approximate surface area is 126 Å². The van der Waals surface area contributed by atoms with Crippen LogP contribution in [0.5, 0.6) is 5.75 Å². The highest BCUT2D eigenvalue weighted by molar-refractivity contribution is 5.83. The monoisotopic (exact) mass is 288 g/mol. The van der Waals surface area contributed by atoms with E-state index in [0.29, 0.717) is 11.8 Å². The molecule has 1 amide bonds. The molecule has 3 unspecified atom stereocenters. The first-order valence-electron chi connectivity index (χ1n) is 7.86. The Bertz CT molecular complexity index is 517. The molecule has 4 heteroatoms. The summed E-state index contributed by atoms with van der Waals surface area (Å²) in [5, 5.41) is 6.55. The molecule has 0 bridgehead atoms. The quantitative estimate of drug-likeness (QED) is 0.893. The summed E-state index contributed by atoms with van der Waals surface area (Å²) in [7, 11) is 1.66. The van der Waals surface area contributed by atoms with Crippen molar-refractivity contribution in [3.8, 4) is 5.75 Å². The van der Waals surface area contributed by atoms with Crippen LogP contribution in [0.15, 0.2) is 24.3 Å². The predicted molar refractivity (Wildman–Crippen MR) is 82.2 cm³/mol. The second kappa shape index (κ2) is 6.06. The van der Waals surface area contributed by atoms with E-state index in [1.807, 2.05) is 31.2 Å². The van der Waals surface area contributed by atoms with Crippen LogP contribution in [0.4, 0.5) is 0 Å². The summed E-state index contributed by atoms with van der Waals surface area (Å²) in [6.45, 7) is 3.02. The summed E-state index contributed by atoms with van der Waals surface area (Å²) in [4.78, 5) is 12.5. The number of methoxy groups -OCH3 is 1. The molecular formula is C17H24N2O2. The maximum atomic E-state index is 12.5. The van der Waals surface area contributed by atoms with Crippen LogP contribution in [0.25, 0.3) is 0 Å². The summed E-state index contributed by atoms with van der Waals surface area (Å²) < 4.78 is 5.24. The lowest BCUT2D eigenvalue weighted by Crippen LogP contribution is -2.44. The highest BCUT2D eigenvalue weighted by atomic mass is 16.5. The van der Waals surface area contributed by atoms with Crippen molar-refractivity contribution in [2.24, 2.45) is 11.8 Å². The van der Waals surface area contributed by atoms with Gasteiger partial charge in [0.25, 0.3) is 0 Å². The van der Waals surface area contributed by atoms with Crippen molar-refractivity contribution in [2.75, 3.05) is 13.7 Å². The van der Waals surface area contributed by atoms with Crippen molar-refractivity contribution in [1.82, 2.24) is 10.6 Å². The van der Waals surface area contributed by atoms with Gasteiger partial charge in [-0.3, -0.25) is 4.79 Å². The van der Waals surface area contributed by atoms with Crippen LogP contribution in [-0.2, 0) is 4.79 Å². The van der Waals surface area contributed by atoms with E-state index in [1.165, 1.54) is 19.3 Å². The molecule has 1 heterocycles. The number of carbonyl (C=O) groups is 1.